The summed E-state index contributed by atoms with van der Waals surface area (Å²) in [5, 5.41) is 5.66. The maximum atomic E-state index is 13.7. The Hall–Kier alpha value is -5.02. The van der Waals surface area contributed by atoms with E-state index in [4.69, 9.17) is 5.73 Å². The summed E-state index contributed by atoms with van der Waals surface area (Å²) in [6, 6.07) is 27.6. The number of hydrogen-bond donors (Lipinski definition) is 3. The number of rotatable bonds is 8. The molecular weight excluding hydrogens is 522 g/mol. The maximum Gasteiger partial charge on any atom is 0.255 e. The summed E-state index contributed by atoms with van der Waals surface area (Å²) < 4.78 is 1.03. The van der Waals surface area contributed by atoms with Crippen molar-refractivity contribution in [2.75, 3.05) is 23.0 Å². The Balaban J connectivity index is 1.36. The molecule has 0 radical (unpaired) electrons. The Morgan fingerprint density at radius 1 is 0.875 bits per heavy atom. The van der Waals surface area contributed by atoms with Crippen molar-refractivity contribution in [2.45, 2.75) is 12.5 Å². The average molecular weight is 550 g/mol. The number of hydrogen-bond acceptors (Lipinski definition) is 6. The minimum Gasteiger partial charge on any atom is -0.397 e. The summed E-state index contributed by atoms with van der Waals surface area (Å²) in [5.41, 5.74) is 11.5. The molecule has 1 heterocycles. The maximum absolute atomic E-state index is 13.7. The fourth-order valence-electron chi connectivity index (χ4n) is 4.31. The Morgan fingerprint density at radius 3 is 2.38 bits per heavy atom. The van der Waals surface area contributed by atoms with Crippen molar-refractivity contribution in [3.05, 3.63) is 119 Å². The lowest BCUT2D eigenvalue weighted by Crippen LogP contribution is -2.48. The van der Waals surface area contributed by atoms with Crippen LogP contribution in [0.2, 0.25) is 0 Å². The van der Waals surface area contributed by atoms with Crippen LogP contribution < -0.4 is 21.3 Å². The predicted molar refractivity (Wildman–Crippen MR) is 160 cm³/mol. The van der Waals surface area contributed by atoms with E-state index in [9.17, 15) is 14.4 Å². The highest BCUT2D eigenvalue weighted by Crippen LogP contribution is 2.24. The number of carbonyl (C=O) groups excluding carboxylic acids is 3. The van der Waals surface area contributed by atoms with Gasteiger partial charge >= 0.3 is 0 Å². The fraction of sp³-hybridized carbons (Fsp3) is 0.0968. The molecule has 9 heteroatoms. The van der Waals surface area contributed by atoms with Gasteiger partial charge in [0.2, 0.25) is 5.91 Å². The van der Waals surface area contributed by atoms with E-state index >= 15 is 0 Å². The number of anilines is 3. The van der Waals surface area contributed by atoms with Gasteiger partial charge in [0.05, 0.1) is 27.1 Å². The lowest BCUT2D eigenvalue weighted by Gasteiger charge is -2.25. The van der Waals surface area contributed by atoms with Gasteiger partial charge in [0, 0.05) is 30.3 Å². The van der Waals surface area contributed by atoms with Crippen molar-refractivity contribution in [1.82, 2.24) is 10.3 Å². The van der Waals surface area contributed by atoms with Crippen LogP contribution in [0, 0.1) is 0 Å². The van der Waals surface area contributed by atoms with E-state index in [1.54, 1.807) is 55.0 Å². The molecule has 5 rings (SSSR count). The number of benzene rings is 4. The molecule has 0 aliphatic heterocycles. The predicted octanol–water partition coefficient (Wildman–Crippen LogP) is 5.13. The Bertz CT molecular complexity index is 1690. The lowest BCUT2D eigenvalue weighted by atomic mass is 10.0. The minimum atomic E-state index is -0.854. The van der Waals surface area contributed by atoms with Crippen LogP contribution in [0.1, 0.15) is 26.3 Å². The summed E-state index contributed by atoms with van der Waals surface area (Å²) in [4.78, 5) is 45.9. The first-order valence-corrected chi connectivity index (χ1v) is 13.5. The lowest BCUT2D eigenvalue weighted by molar-refractivity contribution is -0.120. The number of thiazole rings is 1. The number of para-hydroxylation sites is 2. The largest absolute Gasteiger partial charge is 0.397 e. The normalized spacial score (nSPS) is 11.5. The van der Waals surface area contributed by atoms with Gasteiger partial charge in [-0.2, -0.15) is 0 Å². The molecule has 8 nitrogen and oxygen atoms in total. The second-order valence-electron chi connectivity index (χ2n) is 9.24. The molecule has 4 aromatic carbocycles. The number of likely N-dealkylation sites (N-methyl/N-ethyl adjacent to an activating group) is 1. The number of nitrogens with two attached hydrogens (primary N) is 1. The van der Waals surface area contributed by atoms with E-state index in [-0.39, 0.29) is 17.0 Å². The summed E-state index contributed by atoms with van der Waals surface area (Å²) in [6.45, 7) is 0. The van der Waals surface area contributed by atoms with Crippen LogP contribution in [-0.4, -0.2) is 35.8 Å². The number of nitrogen functional groups attached to an aromatic ring is 1. The van der Waals surface area contributed by atoms with Gasteiger partial charge in [0.1, 0.15) is 6.04 Å². The molecule has 0 aliphatic rings. The molecule has 0 bridgehead atoms. The molecule has 0 saturated carbocycles. The monoisotopic (exact) mass is 549 g/mol. The van der Waals surface area contributed by atoms with Crippen LogP contribution in [0.5, 0.6) is 0 Å². The van der Waals surface area contributed by atoms with E-state index in [1.807, 2.05) is 48.5 Å². The van der Waals surface area contributed by atoms with E-state index in [1.165, 1.54) is 22.3 Å². The topological polar surface area (TPSA) is 117 Å². The first kappa shape index (κ1) is 26.6. The van der Waals surface area contributed by atoms with Crippen molar-refractivity contribution in [2.24, 2.45) is 0 Å². The number of fused-ring (bicyclic) bond motifs is 1. The van der Waals surface area contributed by atoms with Crippen molar-refractivity contribution in [3.63, 3.8) is 0 Å². The highest BCUT2D eigenvalue weighted by molar-refractivity contribution is 7.16. The molecule has 200 valence electrons. The Labute approximate surface area is 235 Å². The molecule has 0 saturated heterocycles. The number of nitrogens with zero attached hydrogens (tertiary/aromatic N) is 2. The average Bonchev–Trinajstić information content (AvgIpc) is 3.46. The summed E-state index contributed by atoms with van der Waals surface area (Å²) in [7, 11) is 1.68. The molecule has 3 amide bonds. The molecule has 0 aliphatic carbocycles. The third-order valence-corrected chi connectivity index (χ3v) is 7.32. The van der Waals surface area contributed by atoms with Crippen LogP contribution >= 0.6 is 11.3 Å². The Kier molecular flexibility index (Phi) is 7.84. The SMILES string of the molecule is CN(C(=O)[C@H](Cc1ccccc1)NC(=O)c1cccc(C(=O)Nc2ccccc2N)c1)c1ccc2scnc2c1. The molecule has 1 atom stereocenters. The van der Waals surface area contributed by atoms with Gasteiger partial charge in [0.25, 0.3) is 11.8 Å². The fourth-order valence-corrected chi connectivity index (χ4v) is 4.97. The third kappa shape index (κ3) is 6.00. The highest BCUT2D eigenvalue weighted by Gasteiger charge is 2.26. The van der Waals surface area contributed by atoms with Crippen LogP contribution in [0.25, 0.3) is 10.2 Å². The number of nitrogens with one attached hydrogen (secondary N) is 2. The molecule has 4 N–H and O–H groups in total. The van der Waals surface area contributed by atoms with E-state index in [0.717, 1.165) is 15.8 Å². The van der Waals surface area contributed by atoms with E-state index < -0.39 is 17.9 Å². The number of carbonyl (C=O) groups is 3. The molecular formula is C31H27N5O3S. The number of amides is 3. The minimum absolute atomic E-state index is 0.256. The second kappa shape index (κ2) is 11.8. The second-order valence-corrected chi connectivity index (χ2v) is 10.1. The molecule has 0 spiro atoms. The van der Waals surface area contributed by atoms with Crippen LogP contribution in [-0.2, 0) is 11.2 Å². The first-order valence-electron chi connectivity index (χ1n) is 12.6. The van der Waals surface area contributed by atoms with Gasteiger partial charge in [-0.3, -0.25) is 14.4 Å². The van der Waals surface area contributed by atoms with Crippen molar-refractivity contribution < 1.29 is 14.4 Å². The number of aromatic nitrogens is 1. The van der Waals surface area contributed by atoms with Gasteiger partial charge in [-0.1, -0.05) is 48.5 Å². The zero-order chi connectivity index (χ0) is 28.1. The van der Waals surface area contributed by atoms with Crippen molar-refractivity contribution in [3.8, 4) is 0 Å². The standard InChI is InChI=1S/C31H27N5O3S/c1-36(23-14-15-28-26(18-23)33-19-40-28)31(39)27(16-20-8-3-2-4-9-20)35-30(38)22-11-7-10-21(17-22)29(37)34-25-13-6-5-12-24(25)32/h2-15,17-19,27H,16,32H2,1H3,(H,34,37)(H,35,38)/t27-/m0/s1. The van der Waals surface area contributed by atoms with Gasteiger partial charge in [0.15, 0.2) is 0 Å². The van der Waals surface area contributed by atoms with Crippen LogP contribution in [0.3, 0.4) is 0 Å². The van der Waals surface area contributed by atoms with Crippen molar-refractivity contribution >= 4 is 56.3 Å². The van der Waals surface area contributed by atoms with Crippen LogP contribution in [0.15, 0.2) is 103 Å². The zero-order valence-electron chi connectivity index (χ0n) is 21.7. The third-order valence-electron chi connectivity index (χ3n) is 6.51. The molecule has 5 aromatic rings. The molecule has 40 heavy (non-hydrogen) atoms. The summed E-state index contributed by atoms with van der Waals surface area (Å²) in [5.74, 6) is -1.15. The van der Waals surface area contributed by atoms with Gasteiger partial charge in [-0.05, 0) is 54.1 Å². The summed E-state index contributed by atoms with van der Waals surface area (Å²) >= 11 is 1.53. The van der Waals surface area contributed by atoms with Gasteiger partial charge < -0.3 is 21.3 Å². The molecule has 0 fully saturated rings. The zero-order valence-corrected chi connectivity index (χ0v) is 22.5. The summed E-state index contributed by atoms with van der Waals surface area (Å²) in [6.07, 6.45) is 0.294. The van der Waals surface area contributed by atoms with E-state index in [0.29, 0.717) is 23.5 Å². The van der Waals surface area contributed by atoms with E-state index in [2.05, 4.69) is 15.6 Å². The van der Waals surface area contributed by atoms with Crippen molar-refractivity contribution in [1.29, 1.82) is 0 Å². The smallest absolute Gasteiger partial charge is 0.255 e. The quantitative estimate of drug-likeness (QED) is 0.232. The Morgan fingerprint density at radius 2 is 1.60 bits per heavy atom. The first-order chi connectivity index (χ1) is 19.4. The molecule has 0 unspecified atom stereocenters. The highest BCUT2D eigenvalue weighted by atomic mass is 32.1. The van der Waals surface area contributed by atoms with Crippen LogP contribution in [0.4, 0.5) is 17.1 Å². The van der Waals surface area contributed by atoms with Gasteiger partial charge in [-0.25, -0.2) is 4.98 Å². The van der Waals surface area contributed by atoms with Gasteiger partial charge in [-0.15, -0.1) is 11.3 Å². The molecule has 1 aromatic heterocycles.